The topological polar surface area (TPSA) is 15.3 Å². The molecule has 0 fully saturated rings. The molecule has 0 heterocycles. The molecule has 0 saturated heterocycles. The molecule has 0 bridgehead atoms. The fraction of sp³-hybridized carbons (Fsp3) is 1.00. The van der Waals surface area contributed by atoms with Gasteiger partial charge in [-0.05, 0) is 33.2 Å². The molecule has 68 valence electrons. The molecular weight excluding hydrogens is 136 g/mol. The summed E-state index contributed by atoms with van der Waals surface area (Å²) >= 11 is 0. The van der Waals surface area contributed by atoms with E-state index in [4.69, 9.17) is 0 Å². The average molecular weight is 158 g/mol. The van der Waals surface area contributed by atoms with Gasteiger partial charge in [-0.3, -0.25) is 5.43 Å². The number of hydrazine groups is 1. The van der Waals surface area contributed by atoms with Crippen molar-refractivity contribution in [1.29, 1.82) is 0 Å². The van der Waals surface area contributed by atoms with Crippen molar-refractivity contribution in [2.45, 2.75) is 39.7 Å². The number of nitrogens with zero attached hydrogens (tertiary/aromatic N) is 1. The van der Waals surface area contributed by atoms with Gasteiger partial charge in [-0.2, -0.15) is 0 Å². The minimum absolute atomic E-state index is 0.253. The number of hydrogen-bond donors (Lipinski definition) is 1. The lowest BCUT2D eigenvalue weighted by Gasteiger charge is -2.36. The van der Waals surface area contributed by atoms with E-state index in [-0.39, 0.29) is 5.54 Å². The maximum atomic E-state index is 3.14. The lowest BCUT2D eigenvalue weighted by molar-refractivity contribution is 0.0848. The molecule has 0 rings (SSSR count). The number of nitrogens with one attached hydrogen (secondary N) is 1. The molecule has 0 aromatic carbocycles. The number of hydrogen-bond acceptors (Lipinski definition) is 2. The maximum Gasteiger partial charge on any atom is 0.0297 e. The Bertz CT molecular complexity index is 108. The third-order valence-corrected chi connectivity index (χ3v) is 2.15. The van der Waals surface area contributed by atoms with Crippen molar-refractivity contribution in [2.75, 3.05) is 14.1 Å². The van der Waals surface area contributed by atoms with Gasteiger partial charge in [0, 0.05) is 12.6 Å². The zero-order chi connectivity index (χ0) is 9.07. The van der Waals surface area contributed by atoms with Crippen LogP contribution in [0.2, 0.25) is 0 Å². The third kappa shape index (κ3) is 3.73. The van der Waals surface area contributed by atoms with Crippen LogP contribution in [-0.4, -0.2) is 24.6 Å². The van der Waals surface area contributed by atoms with Gasteiger partial charge in [-0.1, -0.05) is 13.8 Å². The molecule has 0 atom stereocenters. The predicted octanol–water partition coefficient (Wildman–Crippen LogP) is 1.88. The first-order valence-electron chi connectivity index (χ1n) is 4.31. The first kappa shape index (κ1) is 10.9. The van der Waals surface area contributed by atoms with Crippen LogP contribution in [0, 0.1) is 5.92 Å². The standard InChI is InChI=1S/C9H22N2/c1-8(2)7-9(3,4)11(6)10-5/h8,10H,7H2,1-6H3. The van der Waals surface area contributed by atoms with Crippen molar-refractivity contribution in [3.8, 4) is 0 Å². The van der Waals surface area contributed by atoms with E-state index in [1.54, 1.807) is 0 Å². The van der Waals surface area contributed by atoms with Gasteiger partial charge in [0.1, 0.15) is 0 Å². The summed E-state index contributed by atoms with van der Waals surface area (Å²) in [5, 5.41) is 2.16. The second-order valence-corrected chi connectivity index (χ2v) is 4.19. The molecule has 0 radical (unpaired) electrons. The summed E-state index contributed by atoms with van der Waals surface area (Å²) in [5.41, 5.74) is 3.40. The van der Waals surface area contributed by atoms with Gasteiger partial charge in [0.2, 0.25) is 0 Å². The summed E-state index contributed by atoms with van der Waals surface area (Å²) in [7, 11) is 4.05. The van der Waals surface area contributed by atoms with E-state index in [1.807, 2.05) is 7.05 Å². The molecule has 0 aliphatic heterocycles. The first-order valence-corrected chi connectivity index (χ1v) is 4.31. The minimum Gasteiger partial charge on any atom is -0.258 e. The Hall–Kier alpha value is -0.0800. The molecule has 0 saturated carbocycles. The molecular formula is C9H22N2. The second kappa shape index (κ2) is 4.07. The molecule has 0 unspecified atom stereocenters. The van der Waals surface area contributed by atoms with E-state index < -0.39 is 0 Å². The summed E-state index contributed by atoms with van der Waals surface area (Å²) in [5.74, 6) is 0.751. The Morgan fingerprint density at radius 2 is 1.82 bits per heavy atom. The highest BCUT2D eigenvalue weighted by molar-refractivity contribution is 4.77. The van der Waals surface area contributed by atoms with Gasteiger partial charge in [0.05, 0.1) is 0 Å². The zero-order valence-corrected chi connectivity index (χ0v) is 8.73. The smallest absolute Gasteiger partial charge is 0.0297 e. The third-order valence-electron chi connectivity index (χ3n) is 2.15. The van der Waals surface area contributed by atoms with Gasteiger partial charge in [0.25, 0.3) is 0 Å². The van der Waals surface area contributed by atoms with Crippen LogP contribution < -0.4 is 5.43 Å². The van der Waals surface area contributed by atoms with Gasteiger partial charge in [-0.25, -0.2) is 5.01 Å². The van der Waals surface area contributed by atoms with Crippen molar-refractivity contribution in [3.05, 3.63) is 0 Å². The summed E-state index contributed by atoms with van der Waals surface area (Å²) in [6, 6.07) is 0. The van der Waals surface area contributed by atoms with Crippen molar-refractivity contribution in [2.24, 2.45) is 5.92 Å². The van der Waals surface area contributed by atoms with Crippen molar-refractivity contribution < 1.29 is 0 Å². The van der Waals surface area contributed by atoms with E-state index in [0.717, 1.165) is 5.92 Å². The van der Waals surface area contributed by atoms with E-state index in [0.29, 0.717) is 0 Å². The van der Waals surface area contributed by atoms with Gasteiger partial charge in [-0.15, -0.1) is 0 Å². The van der Waals surface area contributed by atoms with E-state index in [9.17, 15) is 0 Å². The molecule has 11 heavy (non-hydrogen) atoms. The number of rotatable bonds is 4. The summed E-state index contributed by atoms with van der Waals surface area (Å²) in [6.45, 7) is 9.02. The Morgan fingerprint density at radius 3 is 2.09 bits per heavy atom. The molecule has 1 N–H and O–H groups in total. The van der Waals surface area contributed by atoms with Crippen molar-refractivity contribution >= 4 is 0 Å². The fourth-order valence-electron chi connectivity index (χ4n) is 1.44. The molecule has 2 heteroatoms. The quantitative estimate of drug-likeness (QED) is 0.628. The van der Waals surface area contributed by atoms with Gasteiger partial charge in [0.15, 0.2) is 0 Å². The largest absolute Gasteiger partial charge is 0.258 e. The van der Waals surface area contributed by atoms with Crippen LogP contribution in [0.15, 0.2) is 0 Å². The molecule has 0 aromatic heterocycles. The van der Waals surface area contributed by atoms with E-state index >= 15 is 0 Å². The highest BCUT2D eigenvalue weighted by Crippen LogP contribution is 2.19. The van der Waals surface area contributed by atoms with Crippen molar-refractivity contribution in [1.82, 2.24) is 10.4 Å². The van der Waals surface area contributed by atoms with Crippen LogP contribution in [0.1, 0.15) is 34.1 Å². The van der Waals surface area contributed by atoms with E-state index in [2.05, 4.69) is 45.2 Å². The van der Waals surface area contributed by atoms with Crippen LogP contribution in [0.4, 0.5) is 0 Å². The summed E-state index contributed by atoms with van der Waals surface area (Å²) < 4.78 is 0. The van der Waals surface area contributed by atoms with Crippen LogP contribution in [0.5, 0.6) is 0 Å². The van der Waals surface area contributed by atoms with Crippen molar-refractivity contribution in [3.63, 3.8) is 0 Å². The second-order valence-electron chi connectivity index (χ2n) is 4.19. The Balaban J connectivity index is 3.98. The monoisotopic (exact) mass is 158 g/mol. The Labute approximate surface area is 70.9 Å². The van der Waals surface area contributed by atoms with Crippen LogP contribution in [0.3, 0.4) is 0 Å². The fourth-order valence-corrected chi connectivity index (χ4v) is 1.44. The molecule has 2 nitrogen and oxygen atoms in total. The maximum absolute atomic E-state index is 3.14. The van der Waals surface area contributed by atoms with E-state index in [1.165, 1.54) is 6.42 Å². The van der Waals surface area contributed by atoms with Gasteiger partial charge < -0.3 is 0 Å². The average Bonchev–Trinajstić information content (AvgIpc) is 1.83. The molecule has 0 aliphatic rings. The highest BCUT2D eigenvalue weighted by atomic mass is 15.5. The first-order chi connectivity index (χ1) is 4.90. The molecule has 0 amide bonds. The summed E-state index contributed by atoms with van der Waals surface area (Å²) in [6.07, 6.45) is 1.21. The highest BCUT2D eigenvalue weighted by Gasteiger charge is 2.23. The Morgan fingerprint density at radius 1 is 1.36 bits per heavy atom. The van der Waals surface area contributed by atoms with Gasteiger partial charge >= 0.3 is 0 Å². The Kier molecular flexibility index (Phi) is 4.04. The van der Waals surface area contributed by atoms with Crippen LogP contribution in [-0.2, 0) is 0 Å². The van der Waals surface area contributed by atoms with Crippen LogP contribution in [0.25, 0.3) is 0 Å². The predicted molar refractivity (Wildman–Crippen MR) is 50.4 cm³/mol. The lowest BCUT2D eigenvalue weighted by atomic mass is 9.92. The van der Waals surface area contributed by atoms with Crippen LogP contribution >= 0.6 is 0 Å². The molecule has 0 aromatic rings. The zero-order valence-electron chi connectivity index (χ0n) is 8.73. The minimum atomic E-state index is 0.253. The molecule has 0 aliphatic carbocycles. The SMILES string of the molecule is CNN(C)C(C)(C)CC(C)C. The normalized spacial score (nSPS) is 13.1. The molecule has 0 spiro atoms. The lowest BCUT2D eigenvalue weighted by Crippen LogP contribution is -2.48. The summed E-state index contributed by atoms with van der Waals surface area (Å²) in [4.78, 5) is 0.